The molecule has 2 atom stereocenters. The van der Waals surface area contributed by atoms with Crippen molar-refractivity contribution in [1.29, 1.82) is 0 Å². The van der Waals surface area contributed by atoms with E-state index >= 15 is 0 Å². The van der Waals surface area contributed by atoms with Crippen LogP contribution < -0.4 is 5.32 Å². The molecule has 1 aliphatic heterocycles. The lowest BCUT2D eigenvalue weighted by Crippen LogP contribution is -2.54. The van der Waals surface area contributed by atoms with Crippen LogP contribution in [-0.2, 0) is 14.3 Å². The maximum Gasteiger partial charge on any atom is 0.407 e. The maximum absolute atomic E-state index is 12.1. The fraction of sp³-hybridized carbons (Fsp3) is 0.769. The lowest BCUT2D eigenvalue weighted by molar-refractivity contribution is -0.146. The van der Waals surface area contributed by atoms with Gasteiger partial charge in [-0.25, -0.2) is 4.79 Å². The summed E-state index contributed by atoms with van der Waals surface area (Å²) in [5, 5.41) is 11.7. The molecule has 0 saturated carbocycles. The highest BCUT2D eigenvalue weighted by Crippen LogP contribution is 2.19. The van der Waals surface area contributed by atoms with Gasteiger partial charge in [-0.2, -0.15) is 0 Å². The van der Waals surface area contributed by atoms with Crippen LogP contribution in [-0.4, -0.2) is 54.2 Å². The van der Waals surface area contributed by atoms with Gasteiger partial charge < -0.3 is 20.1 Å². The van der Waals surface area contributed by atoms with Gasteiger partial charge in [0.25, 0.3) is 0 Å². The Balaban J connectivity index is 2.72. The van der Waals surface area contributed by atoms with Crippen molar-refractivity contribution in [2.24, 2.45) is 11.8 Å². The van der Waals surface area contributed by atoms with Crippen LogP contribution in [0.5, 0.6) is 0 Å². The van der Waals surface area contributed by atoms with Crippen molar-refractivity contribution >= 4 is 18.0 Å². The third-order valence-electron chi connectivity index (χ3n) is 3.24. The second kappa shape index (κ2) is 7.12. The number of hydrogen-bond donors (Lipinski definition) is 2. The summed E-state index contributed by atoms with van der Waals surface area (Å²) in [6.07, 6.45) is 0.0602. The normalized spacial score (nSPS) is 22.5. The summed E-state index contributed by atoms with van der Waals surface area (Å²) < 4.78 is 4.51. The van der Waals surface area contributed by atoms with Gasteiger partial charge in [0, 0.05) is 19.5 Å². The second-order valence-electron chi connectivity index (χ2n) is 5.50. The number of hydrogen-bond acceptors (Lipinski definition) is 4. The Morgan fingerprint density at radius 2 is 2.00 bits per heavy atom. The van der Waals surface area contributed by atoms with E-state index in [-0.39, 0.29) is 18.4 Å². The Labute approximate surface area is 118 Å². The zero-order valence-electron chi connectivity index (χ0n) is 12.1. The van der Waals surface area contributed by atoms with Crippen LogP contribution >= 0.6 is 0 Å². The molecule has 2 unspecified atom stereocenters. The van der Waals surface area contributed by atoms with Crippen LogP contribution in [0, 0.1) is 11.8 Å². The summed E-state index contributed by atoms with van der Waals surface area (Å²) in [5.74, 6) is -1.49. The number of carbonyl (C=O) groups is 3. The van der Waals surface area contributed by atoms with Gasteiger partial charge in [0.2, 0.25) is 5.91 Å². The molecule has 0 aromatic heterocycles. The molecular weight excluding hydrogens is 264 g/mol. The minimum absolute atomic E-state index is 0.0809. The van der Waals surface area contributed by atoms with E-state index in [0.717, 1.165) is 0 Å². The SMILES string of the molecule is COC(=O)NC1CC(C(=O)O)CN(C(=O)CC(C)C)C1. The zero-order valence-corrected chi connectivity index (χ0v) is 12.1. The Kier molecular flexibility index (Phi) is 5.79. The van der Waals surface area contributed by atoms with E-state index in [1.165, 1.54) is 12.0 Å². The summed E-state index contributed by atoms with van der Waals surface area (Å²) >= 11 is 0. The molecule has 1 heterocycles. The van der Waals surface area contributed by atoms with Gasteiger partial charge in [0.15, 0.2) is 0 Å². The first-order chi connectivity index (χ1) is 9.33. The number of alkyl carbamates (subject to hydrolysis) is 1. The topological polar surface area (TPSA) is 95.9 Å². The lowest BCUT2D eigenvalue weighted by Gasteiger charge is -2.36. The number of carboxylic acids is 1. The van der Waals surface area contributed by atoms with E-state index in [1.54, 1.807) is 0 Å². The Morgan fingerprint density at radius 3 is 2.50 bits per heavy atom. The molecule has 2 amide bonds. The standard InChI is InChI=1S/C13H22N2O5/c1-8(2)4-11(16)15-6-9(12(17)18)5-10(7-15)14-13(19)20-3/h8-10H,4-7H2,1-3H3,(H,14,19)(H,17,18). The number of piperidine rings is 1. The van der Waals surface area contributed by atoms with Gasteiger partial charge in [0.1, 0.15) is 0 Å². The minimum atomic E-state index is -0.955. The highest BCUT2D eigenvalue weighted by molar-refractivity contribution is 5.78. The lowest BCUT2D eigenvalue weighted by atomic mass is 9.93. The summed E-state index contributed by atoms with van der Waals surface area (Å²) in [7, 11) is 1.24. The van der Waals surface area contributed by atoms with Gasteiger partial charge in [-0.15, -0.1) is 0 Å². The third kappa shape index (κ3) is 4.71. The number of methoxy groups -OCH3 is 1. The van der Waals surface area contributed by atoms with Crippen LogP contribution in [0.15, 0.2) is 0 Å². The molecule has 7 heteroatoms. The predicted molar refractivity (Wildman–Crippen MR) is 71.1 cm³/mol. The van der Waals surface area contributed by atoms with Crippen LogP contribution in [0.3, 0.4) is 0 Å². The highest BCUT2D eigenvalue weighted by Gasteiger charge is 2.34. The fourth-order valence-electron chi connectivity index (χ4n) is 2.29. The number of ether oxygens (including phenoxy) is 1. The largest absolute Gasteiger partial charge is 0.481 e. The average molecular weight is 286 g/mol. The van der Waals surface area contributed by atoms with Crippen LogP contribution in [0.4, 0.5) is 4.79 Å². The van der Waals surface area contributed by atoms with Crippen molar-refractivity contribution in [3.8, 4) is 0 Å². The number of aliphatic carboxylic acids is 1. The Hall–Kier alpha value is -1.79. The van der Waals surface area contributed by atoms with Gasteiger partial charge in [-0.3, -0.25) is 9.59 Å². The first kappa shape index (κ1) is 16.3. The number of carbonyl (C=O) groups excluding carboxylic acids is 2. The van der Waals surface area contributed by atoms with E-state index < -0.39 is 24.0 Å². The minimum Gasteiger partial charge on any atom is -0.481 e. The molecule has 0 aromatic carbocycles. The van der Waals surface area contributed by atoms with Crippen molar-refractivity contribution < 1.29 is 24.2 Å². The first-order valence-corrected chi connectivity index (χ1v) is 6.68. The summed E-state index contributed by atoms with van der Waals surface area (Å²) in [6, 6.07) is -0.395. The molecule has 0 aliphatic carbocycles. The highest BCUT2D eigenvalue weighted by atomic mass is 16.5. The number of carboxylic acid groups (broad SMARTS) is 1. The molecule has 1 rings (SSSR count). The van der Waals surface area contributed by atoms with E-state index in [4.69, 9.17) is 5.11 Å². The zero-order chi connectivity index (χ0) is 15.3. The van der Waals surface area contributed by atoms with E-state index in [9.17, 15) is 14.4 Å². The quantitative estimate of drug-likeness (QED) is 0.792. The molecule has 114 valence electrons. The summed E-state index contributed by atoms with van der Waals surface area (Å²) in [5.41, 5.74) is 0. The summed E-state index contributed by atoms with van der Waals surface area (Å²) in [6.45, 7) is 4.38. The van der Waals surface area contributed by atoms with Crippen molar-refractivity contribution in [2.45, 2.75) is 32.7 Å². The Morgan fingerprint density at radius 1 is 1.35 bits per heavy atom. The van der Waals surface area contributed by atoms with Crippen LogP contribution in [0.1, 0.15) is 26.7 Å². The monoisotopic (exact) mass is 286 g/mol. The van der Waals surface area contributed by atoms with Crippen LogP contribution in [0.25, 0.3) is 0 Å². The smallest absolute Gasteiger partial charge is 0.407 e. The second-order valence-corrected chi connectivity index (χ2v) is 5.50. The molecule has 20 heavy (non-hydrogen) atoms. The molecule has 1 fully saturated rings. The fourth-order valence-corrected chi connectivity index (χ4v) is 2.29. The Bertz CT molecular complexity index is 383. The molecule has 7 nitrogen and oxygen atoms in total. The molecule has 0 bridgehead atoms. The molecule has 0 radical (unpaired) electrons. The van der Waals surface area contributed by atoms with Crippen LogP contribution in [0.2, 0.25) is 0 Å². The molecule has 0 spiro atoms. The van der Waals surface area contributed by atoms with E-state index in [1.807, 2.05) is 13.8 Å². The van der Waals surface area contributed by atoms with E-state index in [2.05, 4.69) is 10.1 Å². The molecule has 1 aliphatic rings. The van der Waals surface area contributed by atoms with Crippen molar-refractivity contribution in [3.05, 3.63) is 0 Å². The van der Waals surface area contributed by atoms with Gasteiger partial charge >= 0.3 is 12.1 Å². The number of rotatable bonds is 4. The van der Waals surface area contributed by atoms with Gasteiger partial charge in [0.05, 0.1) is 19.1 Å². The molecular formula is C13H22N2O5. The number of likely N-dealkylation sites (tertiary alicyclic amines) is 1. The van der Waals surface area contributed by atoms with Crippen molar-refractivity contribution in [2.75, 3.05) is 20.2 Å². The predicted octanol–water partition coefficient (Wildman–Crippen LogP) is 0.690. The molecule has 2 N–H and O–H groups in total. The summed E-state index contributed by atoms with van der Waals surface area (Å²) in [4.78, 5) is 36.0. The third-order valence-corrected chi connectivity index (χ3v) is 3.24. The molecule has 0 aromatic rings. The van der Waals surface area contributed by atoms with Gasteiger partial charge in [-0.05, 0) is 12.3 Å². The number of nitrogens with zero attached hydrogens (tertiary/aromatic N) is 1. The van der Waals surface area contributed by atoms with Crippen molar-refractivity contribution in [3.63, 3.8) is 0 Å². The number of nitrogens with one attached hydrogen (secondary N) is 1. The molecule has 1 saturated heterocycles. The van der Waals surface area contributed by atoms with Crippen molar-refractivity contribution in [1.82, 2.24) is 10.2 Å². The van der Waals surface area contributed by atoms with Gasteiger partial charge in [-0.1, -0.05) is 13.8 Å². The maximum atomic E-state index is 12.1. The number of amides is 2. The van der Waals surface area contributed by atoms with E-state index in [0.29, 0.717) is 19.4 Å². The first-order valence-electron chi connectivity index (χ1n) is 6.68. The average Bonchev–Trinajstić information content (AvgIpc) is 2.37.